The summed E-state index contributed by atoms with van der Waals surface area (Å²) >= 11 is 2.90. The zero-order chi connectivity index (χ0) is 12.6. The minimum atomic E-state index is -5.49. The molecule has 0 saturated carbocycles. The van der Waals surface area contributed by atoms with Crippen molar-refractivity contribution in [2.45, 2.75) is 15.7 Å². The van der Waals surface area contributed by atoms with Crippen LogP contribution in [0.5, 0.6) is 0 Å². The van der Waals surface area contributed by atoms with Crippen LogP contribution in [0.2, 0.25) is 0 Å². The standard InChI is InChI=1S/C8H5BrF4O2S/c9-4-5-1-6(10)3-7(2-5)16(14,15)8(11,12)13/h1-3H,4H2. The number of halogens is 5. The molecule has 0 bridgehead atoms. The van der Waals surface area contributed by atoms with Crippen molar-refractivity contribution in [3.63, 3.8) is 0 Å². The average Bonchev–Trinajstić information content (AvgIpc) is 2.15. The Morgan fingerprint density at radius 3 is 2.19 bits per heavy atom. The van der Waals surface area contributed by atoms with Gasteiger partial charge in [0.15, 0.2) is 0 Å². The molecule has 0 amide bonds. The Bertz CT molecular complexity index is 495. The third-order valence-corrected chi connectivity index (χ3v) is 3.81. The second-order valence-corrected chi connectivity index (χ2v) is 5.38. The van der Waals surface area contributed by atoms with Crippen LogP contribution in [0.15, 0.2) is 23.1 Å². The smallest absolute Gasteiger partial charge is 0.214 e. The van der Waals surface area contributed by atoms with Crippen LogP contribution in [0.25, 0.3) is 0 Å². The van der Waals surface area contributed by atoms with Gasteiger partial charge in [-0.3, -0.25) is 0 Å². The molecule has 0 aliphatic rings. The van der Waals surface area contributed by atoms with E-state index in [1.54, 1.807) is 0 Å². The van der Waals surface area contributed by atoms with E-state index in [0.717, 1.165) is 12.1 Å². The molecular weight excluding hydrogens is 316 g/mol. The van der Waals surface area contributed by atoms with Crippen LogP contribution in [-0.4, -0.2) is 13.9 Å². The Morgan fingerprint density at radius 1 is 1.19 bits per heavy atom. The molecule has 0 radical (unpaired) electrons. The van der Waals surface area contributed by atoms with Crippen molar-refractivity contribution in [1.82, 2.24) is 0 Å². The zero-order valence-corrected chi connectivity index (χ0v) is 9.96. The van der Waals surface area contributed by atoms with Crippen LogP contribution >= 0.6 is 15.9 Å². The van der Waals surface area contributed by atoms with Gasteiger partial charge < -0.3 is 0 Å². The molecule has 0 saturated heterocycles. The van der Waals surface area contributed by atoms with E-state index < -0.39 is 26.1 Å². The van der Waals surface area contributed by atoms with Crippen molar-refractivity contribution in [2.24, 2.45) is 0 Å². The lowest BCUT2D eigenvalue weighted by molar-refractivity contribution is -0.0436. The molecule has 0 heterocycles. The van der Waals surface area contributed by atoms with E-state index in [9.17, 15) is 26.0 Å². The van der Waals surface area contributed by atoms with Gasteiger partial charge in [0.25, 0.3) is 9.84 Å². The van der Waals surface area contributed by atoms with Gasteiger partial charge in [-0.25, -0.2) is 12.8 Å². The molecule has 0 aliphatic carbocycles. The molecular formula is C8H5BrF4O2S. The van der Waals surface area contributed by atoms with E-state index in [1.807, 2.05) is 0 Å². The lowest BCUT2D eigenvalue weighted by Crippen LogP contribution is -2.23. The molecule has 0 spiro atoms. The van der Waals surface area contributed by atoms with Gasteiger partial charge in [-0.15, -0.1) is 0 Å². The van der Waals surface area contributed by atoms with Crippen molar-refractivity contribution in [3.8, 4) is 0 Å². The van der Waals surface area contributed by atoms with Gasteiger partial charge in [-0.1, -0.05) is 15.9 Å². The maximum Gasteiger partial charge on any atom is 0.501 e. The number of hydrogen-bond donors (Lipinski definition) is 0. The molecule has 90 valence electrons. The van der Waals surface area contributed by atoms with Crippen LogP contribution in [-0.2, 0) is 15.2 Å². The van der Waals surface area contributed by atoms with Crippen molar-refractivity contribution < 1.29 is 26.0 Å². The van der Waals surface area contributed by atoms with E-state index >= 15 is 0 Å². The summed E-state index contributed by atoms with van der Waals surface area (Å²) in [7, 11) is -5.49. The van der Waals surface area contributed by atoms with Crippen LogP contribution in [0, 0.1) is 5.82 Å². The van der Waals surface area contributed by atoms with Crippen LogP contribution < -0.4 is 0 Å². The highest BCUT2D eigenvalue weighted by Crippen LogP contribution is 2.31. The monoisotopic (exact) mass is 320 g/mol. The lowest BCUT2D eigenvalue weighted by Gasteiger charge is -2.09. The van der Waals surface area contributed by atoms with Crippen molar-refractivity contribution in [3.05, 3.63) is 29.6 Å². The molecule has 1 aromatic carbocycles. The Kier molecular flexibility index (Phi) is 3.63. The van der Waals surface area contributed by atoms with Gasteiger partial charge in [-0.05, 0) is 23.8 Å². The summed E-state index contributed by atoms with van der Waals surface area (Å²) in [5.41, 5.74) is -5.31. The Hall–Kier alpha value is -0.630. The third-order valence-electron chi connectivity index (χ3n) is 1.70. The lowest BCUT2D eigenvalue weighted by atomic mass is 10.2. The first-order chi connectivity index (χ1) is 7.18. The topological polar surface area (TPSA) is 34.1 Å². The Labute approximate surface area is 97.3 Å². The highest BCUT2D eigenvalue weighted by atomic mass is 79.9. The summed E-state index contributed by atoms with van der Waals surface area (Å²) in [6.07, 6.45) is 0. The molecule has 1 aromatic rings. The molecule has 0 atom stereocenters. The van der Waals surface area contributed by atoms with E-state index in [2.05, 4.69) is 15.9 Å². The van der Waals surface area contributed by atoms with E-state index in [-0.39, 0.29) is 10.9 Å². The molecule has 8 heteroatoms. The number of hydrogen-bond acceptors (Lipinski definition) is 2. The fourth-order valence-corrected chi connectivity index (χ4v) is 2.15. The van der Waals surface area contributed by atoms with Crippen molar-refractivity contribution in [2.75, 3.05) is 0 Å². The van der Waals surface area contributed by atoms with Gasteiger partial charge in [0.1, 0.15) is 5.82 Å². The highest BCUT2D eigenvalue weighted by Gasteiger charge is 2.47. The fourth-order valence-electron chi connectivity index (χ4n) is 0.987. The summed E-state index contributed by atoms with van der Waals surface area (Å²) < 4.78 is 71.3. The normalized spacial score (nSPS) is 12.8. The van der Waals surface area contributed by atoms with Crippen LogP contribution in [0.1, 0.15) is 5.56 Å². The average molecular weight is 321 g/mol. The van der Waals surface area contributed by atoms with E-state index in [0.29, 0.717) is 6.07 Å². The summed E-state index contributed by atoms with van der Waals surface area (Å²) in [6.45, 7) is 0. The zero-order valence-electron chi connectivity index (χ0n) is 7.55. The molecule has 2 nitrogen and oxygen atoms in total. The number of sulfone groups is 1. The molecule has 0 aliphatic heterocycles. The molecule has 0 aromatic heterocycles. The minimum absolute atomic E-state index is 0.0607. The van der Waals surface area contributed by atoms with Crippen LogP contribution in [0.4, 0.5) is 17.6 Å². The Balaban J connectivity index is 3.40. The predicted octanol–water partition coefficient (Wildman–Crippen LogP) is 3.01. The largest absolute Gasteiger partial charge is 0.501 e. The van der Waals surface area contributed by atoms with Gasteiger partial charge >= 0.3 is 5.51 Å². The third kappa shape index (κ3) is 2.54. The summed E-state index contributed by atoms with van der Waals surface area (Å²) in [5, 5.41) is 0.0607. The van der Waals surface area contributed by atoms with Crippen molar-refractivity contribution >= 4 is 25.8 Å². The molecule has 0 fully saturated rings. The van der Waals surface area contributed by atoms with E-state index in [4.69, 9.17) is 0 Å². The second kappa shape index (κ2) is 4.33. The second-order valence-electron chi connectivity index (χ2n) is 2.88. The maximum atomic E-state index is 12.9. The predicted molar refractivity (Wildman–Crippen MR) is 52.3 cm³/mol. The number of alkyl halides is 4. The van der Waals surface area contributed by atoms with Gasteiger partial charge in [0.05, 0.1) is 4.90 Å². The molecule has 0 N–H and O–H groups in total. The van der Waals surface area contributed by atoms with Crippen LogP contribution in [0.3, 0.4) is 0 Å². The fraction of sp³-hybridized carbons (Fsp3) is 0.250. The Morgan fingerprint density at radius 2 is 1.75 bits per heavy atom. The van der Waals surface area contributed by atoms with E-state index in [1.165, 1.54) is 0 Å². The first-order valence-corrected chi connectivity index (χ1v) is 6.46. The summed E-state index contributed by atoms with van der Waals surface area (Å²) in [4.78, 5) is -1.09. The minimum Gasteiger partial charge on any atom is -0.214 e. The first kappa shape index (κ1) is 13.4. The van der Waals surface area contributed by atoms with Gasteiger partial charge in [0, 0.05) is 5.33 Å². The number of rotatable bonds is 2. The van der Waals surface area contributed by atoms with Gasteiger partial charge in [0.2, 0.25) is 0 Å². The quantitative estimate of drug-likeness (QED) is 0.620. The highest BCUT2D eigenvalue weighted by molar-refractivity contribution is 9.08. The van der Waals surface area contributed by atoms with Crippen molar-refractivity contribution in [1.29, 1.82) is 0 Å². The van der Waals surface area contributed by atoms with Gasteiger partial charge in [-0.2, -0.15) is 13.2 Å². The maximum absolute atomic E-state index is 12.9. The summed E-state index contributed by atoms with van der Waals surface area (Å²) in [6, 6.07) is 2.07. The first-order valence-electron chi connectivity index (χ1n) is 3.85. The molecule has 0 unspecified atom stereocenters. The summed E-state index contributed by atoms with van der Waals surface area (Å²) in [5.74, 6) is -1.03. The SMILES string of the molecule is O=S(=O)(c1cc(F)cc(CBr)c1)C(F)(F)F. The molecule has 16 heavy (non-hydrogen) atoms. The number of benzene rings is 1. The molecule has 1 rings (SSSR count).